The lowest BCUT2D eigenvalue weighted by Gasteiger charge is -2.16. The molecule has 0 spiro atoms. The molecule has 0 aliphatic heterocycles. The van der Waals surface area contributed by atoms with Crippen molar-refractivity contribution in [2.24, 2.45) is 0 Å². The van der Waals surface area contributed by atoms with Gasteiger partial charge in [-0.1, -0.05) is 25.1 Å². The third-order valence-electron chi connectivity index (χ3n) is 3.48. The van der Waals surface area contributed by atoms with Gasteiger partial charge in [-0.25, -0.2) is 0 Å². The minimum absolute atomic E-state index is 0.0369. The SMILES string of the molecule is CCNC(c1cc2ccccc2o1)c1ccnn1CC. The van der Waals surface area contributed by atoms with Crippen molar-refractivity contribution in [2.45, 2.75) is 26.4 Å². The normalized spacial score (nSPS) is 12.9. The predicted molar refractivity (Wildman–Crippen MR) is 79.6 cm³/mol. The lowest BCUT2D eigenvalue weighted by atomic mass is 10.1. The van der Waals surface area contributed by atoms with Gasteiger partial charge in [-0.2, -0.15) is 5.10 Å². The fourth-order valence-corrected chi connectivity index (χ4v) is 2.55. The maximum absolute atomic E-state index is 6.00. The van der Waals surface area contributed by atoms with Crippen molar-refractivity contribution in [3.05, 3.63) is 54.0 Å². The zero-order chi connectivity index (χ0) is 13.9. The lowest BCUT2D eigenvalue weighted by molar-refractivity contribution is 0.451. The van der Waals surface area contributed by atoms with Gasteiger partial charge in [0.05, 0.1) is 5.69 Å². The summed E-state index contributed by atoms with van der Waals surface area (Å²) >= 11 is 0. The molecule has 0 radical (unpaired) electrons. The molecule has 20 heavy (non-hydrogen) atoms. The molecule has 0 aliphatic rings. The van der Waals surface area contributed by atoms with Crippen molar-refractivity contribution in [2.75, 3.05) is 6.54 Å². The number of hydrogen-bond donors (Lipinski definition) is 1. The average molecular weight is 269 g/mol. The third-order valence-corrected chi connectivity index (χ3v) is 3.48. The quantitative estimate of drug-likeness (QED) is 0.772. The Hall–Kier alpha value is -2.07. The highest BCUT2D eigenvalue weighted by Crippen LogP contribution is 2.28. The molecular formula is C16H19N3O. The van der Waals surface area contributed by atoms with Crippen LogP contribution in [0.5, 0.6) is 0 Å². The summed E-state index contributed by atoms with van der Waals surface area (Å²) in [4.78, 5) is 0. The van der Waals surface area contributed by atoms with Crippen molar-refractivity contribution < 1.29 is 4.42 Å². The zero-order valence-corrected chi connectivity index (χ0v) is 11.8. The number of rotatable bonds is 5. The first-order chi connectivity index (χ1) is 9.83. The van der Waals surface area contributed by atoms with E-state index < -0.39 is 0 Å². The standard InChI is InChI=1S/C16H19N3O/c1-3-17-16(13-9-10-18-19(13)4-2)15-11-12-7-5-6-8-14(12)20-15/h5-11,16-17H,3-4H2,1-2H3. The second-order valence-corrected chi connectivity index (χ2v) is 4.75. The molecule has 0 saturated heterocycles. The summed E-state index contributed by atoms with van der Waals surface area (Å²) in [5.74, 6) is 0.934. The Morgan fingerprint density at radius 3 is 2.85 bits per heavy atom. The zero-order valence-electron chi connectivity index (χ0n) is 11.8. The molecule has 1 unspecified atom stereocenters. The van der Waals surface area contributed by atoms with E-state index in [1.807, 2.05) is 35.1 Å². The van der Waals surface area contributed by atoms with Crippen molar-refractivity contribution in [1.82, 2.24) is 15.1 Å². The molecule has 0 amide bonds. The fourth-order valence-electron chi connectivity index (χ4n) is 2.55. The first-order valence-electron chi connectivity index (χ1n) is 7.07. The molecule has 0 aliphatic carbocycles. The van der Waals surface area contributed by atoms with Gasteiger partial charge in [0.2, 0.25) is 0 Å². The minimum atomic E-state index is 0.0369. The number of fused-ring (bicyclic) bond motifs is 1. The largest absolute Gasteiger partial charge is 0.459 e. The van der Waals surface area contributed by atoms with E-state index in [1.165, 1.54) is 0 Å². The van der Waals surface area contributed by atoms with Crippen LogP contribution >= 0.6 is 0 Å². The molecular weight excluding hydrogens is 250 g/mol. The molecule has 0 saturated carbocycles. The van der Waals surface area contributed by atoms with Crippen LogP contribution in [0.4, 0.5) is 0 Å². The van der Waals surface area contributed by atoms with Crippen LogP contribution < -0.4 is 5.32 Å². The maximum atomic E-state index is 6.00. The second-order valence-electron chi connectivity index (χ2n) is 4.75. The molecule has 1 atom stereocenters. The first-order valence-corrected chi connectivity index (χ1v) is 7.07. The number of para-hydroxylation sites is 1. The van der Waals surface area contributed by atoms with Crippen LogP contribution in [-0.2, 0) is 6.54 Å². The number of nitrogens with one attached hydrogen (secondary N) is 1. The molecule has 4 nitrogen and oxygen atoms in total. The van der Waals surface area contributed by atoms with Crippen LogP contribution in [0.25, 0.3) is 11.0 Å². The Bertz CT molecular complexity index is 665. The molecule has 104 valence electrons. The minimum Gasteiger partial charge on any atom is -0.459 e. The molecule has 0 bridgehead atoms. The van der Waals surface area contributed by atoms with E-state index in [0.717, 1.165) is 35.5 Å². The monoisotopic (exact) mass is 269 g/mol. The summed E-state index contributed by atoms with van der Waals surface area (Å²) in [6.07, 6.45) is 1.84. The van der Waals surface area contributed by atoms with Gasteiger partial charge in [-0.15, -0.1) is 0 Å². The summed E-state index contributed by atoms with van der Waals surface area (Å²) < 4.78 is 8.00. The Morgan fingerprint density at radius 2 is 2.10 bits per heavy atom. The summed E-state index contributed by atoms with van der Waals surface area (Å²) in [5, 5.41) is 8.97. The Balaban J connectivity index is 2.05. The van der Waals surface area contributed by atoms with Crippen molar-refractivity contribution in [3.63, 3.8) is 0 Å². The number of aromatic nitrogens is 2. The lowest BCUT2D eigenvalue weighted by Crippen LogP contribution is -2.24. The van der Waals surface area contributed by atoms with Gasteiger partial charge >= 0.3 is 0 Å². The molecule has 2 heterocycles. The number of aryl methyl sites for hydroxylation is 1. The third kappa shape index (κ3) is 2.23. The van der Waals surface area contributed by atoms with Gasteiger partial charge in [-0.05, 0) is 31.7 Å². The topological polar surface area (TPSA) is 43.0 Å². The predicted octanol–water partition coefficient (Wildman–Crippen LogP) is 3.35. The van der Waals surface area contributed by atoms with E-state index in [1.54, 1.807) is 0 Å². The van der Waals surface area contributed by atoms with E-state index >= 15 is 0 Å². The molecule has 1 N–H and O–H groups in total. The number of benzene rings is 1. The van der Waals surface area contributed by atoms with E-state index in [-0.39, 0.29) is 6.04 Å². The van der Waals surface area contributed by atoms with E-state index in [0.29, 0.717) is 0 Å². The van der Waals surface area contributed by atoms with Crippen molar-refractivity contribution in [1.29, 1.82) is 0 Å². The van der Waals surface area contributed by atoms with Gasteiger partial charge < -0.3 is 9.73 Å². The number of furan rings is 1. The van der Waals surface area contributed by atoms with Crippen LogP contribution in [0.2, 0.25) is 0 Å². The summed E-state index contributed by atoms with van der Waals surface area (Å²) in [6, 6.07) is 12.3. The highest BCUT2D eigenvalue weighted by Gasteiger charge is 2.20. The summed E-state index contributed by atoms with van der Waals surface area (Å²) in [5.41, 5.74) is 2.06. The Labute approximate surface area is 118 Å². The smallest absolute Gasteiger partial charge is 0.134 e. The highest BCUT2D eigenvalue weighted by atomic mass is 16.3. The average Bonchev–Trinajstić information content (AvgIpc) is 3.10. The number of hydrogen-bond acceptors (Lipinski definition) is 3. The molecule has 1 aromatic carbocycles. The van der Waals surface area contributed by atoms with Crippen LogP contribution in [-0.4, -0.2) is 16.3 Å². The molecule has 3 rings (SSSR count). The summed E-state index contributed by atoms with van der Waals surface area (Å²) in [7, 11) is 0. The van der Waals surface area contributed by atoms with E-state index in [4.69, 9.17) is 4.42 Å². The molecule has 2 aromatic heterocycles. The van der Waals surface area contributed by atoms with Crippen molar-refractivity contribution in [3.8, 4) is 0 Å². The van der Waals surface area contributed by atoms with Crippen LogP contribution in [0.1, 0.15) is 31.3 Å². The Kier molecular flexibility index (Phi) is 3.56. The van der Waals surface area contributed by atoms with Gasteiger partial charge in [0, 0.05) is 18.1 Å². The number of nitrogens with zero attached hydrogens (tertiary/aromatic N) is 2. The summed E-state index contributed by atoms with van der Waals surface area (Å²) in [6.45, 7) is 5.92. The van der Waals surface area contributed by atoms with Gasteiger partial charge in [0.1, 0.15) is 17.4 Å². The van der Waals surface area contributed by atoms with Crippen LogP contribution in [0.15, 0.2) is 47.0 Å². The maximum Gasteiger partial charge on any atom is 0.134 e. The van der Waals surface area contributed by atoms with Crippen molar-refractivity contribution >= 4 is 11.0 Å². The van der Waals surface area contributed by atoms with E-state index in [9.17, 15) is 0 Å². The van der Waals surface area contributed by atoms with Gasteiger partial charge in [0.25, 0.3) is 0 Å². The first kappa shape index (κ1) is 12.9. The molecule has 4 heteroatoms. The Morgan fingerprint density at radius 1 is 1.25 bits per heavy atom. The molecule has 3 aromatic rings. The highest BCUT2D eigenvalue weighted by molar-refractivity contribution is 5.77. The second kappa shape index (κ2) is 5.51. The van der Waals surface area contributed by atoms with Gasteiger partial charge in [0.15, 0.2) is 0 Å². The van der Waals surface area contributed by atoms with Gasteiger partial charge in [-0.3, -0.25) is 4.68 Å². The fraction of sp³-hybridized carbons (Fsp3) is 0.312. The van der Waals surface area contributed by atoms with E-state index in [2.05, 4.69) is 36.4 Å². The van der Waals surface area contributed by atoms with Crippen LogP contribution in [0, 0.1) is 0 Å². The molecule has 0 fully saturated rings. The van der Waals surface area contributed by atoms with Crippen LogP contribution in [0.3, 0.4) is 0 Å².